The summed E-state index contributed by atoms with van der Waals surface area (Å²) in [6, 6.07) is 0.739. The molecule has 0 saturated heterocycles. The summed E-state index contributed by atoms with van der Waals surface area (Å²) < 4.78 is 64.4. The van der Waals surface area contributed by atoms with Gasteiger partial charge in [-0.05, 0) is 31.0 Å². The Morgan fingerprint density at radius 2 is 1.74 bits per heavy atom. The molecule has 0 aliphatic rings. The SMILES string of the molecule is CCCCS(=O)(=O)NC(C)c1cc(F)c(F)c(F)c1. The van der Waals surface area contributed by atoms with Gasteiger partial charge in [0.1, 0.15) is 0 Å². The highest BCUT2D eigenvalue weighted by molar-refractivity contribution is 7.89. The van der Waals surface area contributed by atoms with Crippen molar-refractivity contribution in [1.82, 2.24) is 4.72 Å². The number of hydrogen-bond acceptors (Lipinski definition) is 2. The lowest BCUT2D eigenvalue weighted by Gasteiger charge is -2.15. The third kappa shape index (κ3) is 4.50. The second kappa shape index (κ2) is 6.38. The van der Waals surface area contributed by atoms with E-state index in [1.165, 1.54) is 6.92 Å². The number of benzene rings is 1. The Bertz CT molecular complexity index is 523. The number of halogens is 3. The molecule has 0 saturated carbocycles. The van der Waals surface area contributed by atoms with Crippen molar-refractivity contribution >= 4 is 10.0 Å². The van der Waals surface area contributed by atoms with Crippen LogP contribution in [0.5, 0.6) is 0 Å². The van der Waals surface area contributed by atoms with Crippen LogP contribution in [0.15, 0.2) is 12.1 Å². The van der Waals surface area contributed by atoms with Gasteiger partial charge in [0, 0.05) is 6.04 Å². The van der Waals surface area contributed by atoms with Gasteiger partial charge in [0.15, 0.2) is 17.5 Å². The fourth-order valence-electron chi connectivity index (χ4n) is 1.56. The van der Waals surface area contributed by atoms with Gasteiger partial charge in [-0.3, -0.25) is 0 Å². The van der Waals surface area contributed by atoms with Crippen LogP contribution in [0.25, 0.3) is 0 Å². The second-order valence-electron chi connectivity index (χ2n) is 4.31. The fraction of sp³-hybridized carbons (Fsp3) is 0.500. The summed E-state index contributed by atoms with van der Waals surface area (Å²) in [5.41, 5.74) is 0.0384. The van der Waals surface area contributed by atoms with E-state index in [9.17, 15) is 21.6 Å². The van der Waals surface area contributed by atoms with Crippen molar-refractivity contribution in [3.05, 3.63) is 35.1 Å². The highest BCUT2D eigenvalue weighted by Gasteiger charge is 2.18. The van der Waals surface area contributed by atoms with Crippen LogP contribution < -0.4 is 4.72 Å². The average Bonchev–Trinajstić information content (AvgIpc) is 2.32. The molecule has 1 N–H and O–H groups in total. The smallest absolute Gasteiger partial charge is 0.212 e. The van der Waals surface area contributed by atoms with Gasteiger partial charge in [-0.2, -0.15) is 0 Å². The zero-order valence-electron chi connectivity index (χ0n) is 10.7. The van der Waals surface area contributed by atoms with Gasteiger partial charge < -0.3 is 0 Å². The van der Waals surface area contributed by atoms with Crippen molar-refractivity contribution in [1.29, 1.82) is 0 Å². The van der Waals surface area contributed by atoms with Crippen molar-refractivity contribution in [3.63, 3.8) is 0 Å². The number of sulfonamides is 1. The highest BCUT2D eigenvalue weighted by Crippen LogP contribution is 2.19. The minimum atomic E-state index is -3.52. The Morgan fingerprint density at radius 1 is 1.21 bits per heavy atom. The van der Waals surface area contributed by atoms with Gasteiger partial charge in [-0.15, -0.1) is 0 Å². The molecule has 0 heterocycles. The Balaban J connectivity index is 2.87. The lowest BCUT2D eigenvalue weighted by molar-refractivity contribution is 0.443. The first kappa shape index (κ1) is 16.0. The maximum absolute atomic E-state index is 13.0. The van der Waals surface area contributed by atoms with Gasteiger partial charge >= 0.3 is 0 Å². The third-order valence-electron chi connectivity index (χ3n) is 2.63. The Kier molecular flexibility index (Phi) is 5.37. The number of unbranched alkanes of at least 4 members (excludes halogenated alkanes) is 1. The number of rotatable bonds is 6. The summed E-state index contributed by atoms with van der Waals surface area (Å²) in [7, 11) is -3.52. The molecule has 1 aromatic rings. The molecule has 0 bridgehead atoms. The zero-order valence-corrected chi connectivity index (χ0v) is 11.5. The van der Waals surface area contributed by atoms with E-state index in [0.29, 0.717) is 6.42 Å². The fourth-order valence-corrected chi connectivity index (χ4v) is 3.02. The molecule has 1 aromatic carbocycles. The van der Waals surface area contributed by atoms with Gasteiger partial charge in [-0.1, -0.05) is 13.3 Å². The van der Waals surface area contributed by atoms with Crippen LogP contribution >= 0.6 is 0 Å². The van der Waals surface area contributed by atoms with E-state index in [0.717, 1.165) is 18.6 Å². The highest BCUT2D eigenvalue weighted by atomic mass is 32.2. The Morgan fingerprint density at radius 3 is 2.21 bits per heavy atom. The molecule has 19 heavy (non-hydrogen) atoms. The summed E-state index contributed by atoms with van der Waals surface area (Å²) in [5.74, 6) is -4.30. The maximum atomic E-state index is 13.0. The molecule has 0 amide bonds. The standard InChI is InChI=1S/C12H16F3NO2S/c1-3-4-5-19(17,18)16-8(2)9-6-10(13)12(15)11(14)7-9/h6-8,16H,3-5H2,1-2H3. The molecular weight excluding hydrogens is 279 g/mol. The van der Waals surface area contributed by atoms with E-state index < -0.39 is 33.5 Å². The van der Waals surface area contributed by atoms with Crippen LogP contribution in [-0.4, -0.2) is 14.2 Å². The summed E-state index contributed by atoms with van der Waals surface area (Å²) in [4.78, 5) is 0. The van der Waals surface area contributed by atoms with E-state index >= 15 is 0 Å². The first-order valence-corrected chi connectivity index (χ1v) is 7.56. The van der Waals surface area contributed by atoms with Gasteiger partial charge in [0.05, 0.1) is 5.75 Å². The van der Waals surface area contributed by atoms with E-state index in [4.69, 9.17) is 0 Å². The predicted octanol–water partition coefficient (Wildman–Crippen LogP) is 2.88. The predicted molar refractivity (Wildman–Crippen MR) is 66.6 cm³/mol. The van der Waals surface area contributed by atoms with E-state index in [1.807, 2.05) is 6.92 Å². The molecule has 0 aliphatic heterocycles. The van der Waals surface area contributed by atoms with Crippen molar-refractivity contribution in [3.8, 4) is 0 Å². The first-order valence-electron chi connectivity index (χ1n) is 5.91. The molecule has 1 unspecified atom stereocenters. The Hall–Kier alpha value is -1.08. The molecule has 0 aliphatic carbocycles. The summed E-state index contributed by atoms with van der Waals surface area (Å²) in [5, 5.41) is 0. The average molecular weight is 295 g/mol. The van der Waals surface area contributed by atoms with Crippen LogP contribution in [0.4, 0.5) is 13.2 Å². The summed E-state index contributed by atoms with van der Waals surface area (Å²) in [6.07, 6.45) is 1.21. The quantitative estimate of drug-likeness (QED) is 0.820. The first-order chi connectivity index (χ1) is 8.76. The molecule has 3 nitrogen and oxygen atoms in total. The Labute approximate surface area is 110 Å². The molecule has 7 heteroatoms. The molecule has 0 aromatic heterocycles. The van der Waals surface area contributed by atoms with Crippen molar-refractivity contribution < 1.29 is 21.6 Å². The number of hydrogen-bond donors (Lipinski definition) is 1. The van der Waals surface area contributed by atoms with Gasteiger partial charge in [0.2, 0.25) is 10.0 Å². The van der Waals surface area contributed by atoms with E-state index in [2.05, 4.69) is 4.72 Å². The summed E-state index contributed by atoms with van der Waals surface area (Å²) in [6.45, 7) is 3.29. The largest absolute Gasteiger partial charge is 0.212 e. The van der Waals surface area contributed by atoms with Crippen LogP contribution in [0, 0.1) is 17.5 Å². The zero-order chi connectivity index (χ0) is 14.6. The van der Waals surface area contributed by atoms with Crippen LogP contribution in [-0.2, 0) is 10.0 Å². The van der Waals surface area contributed by atoms with E-state index in [-0.39, 0.29) is 11.3 Å². The van der Waals surface area contributed by atoms with Gasteiger partial charge in [0.25, 0.3) is 0 Å². The number of nitrogens with one attached hydrogen (secondary N) is 1. The second-order valence-corrected chi connectivity index (χ2v) is 6.18. The molecule has 0 fully saturated rings. The topological polar surface area (TPSA) is 46.2 Å². The lowest BCUT2D eigenvalue weighted by atomic mass is 10.1. The molecule has 0 spiro atoms. The lowest BCUT2D eigenvalue weighted by Crippen LogP contribution is -2.29. The molecule has 0 radical (unpaired) electrons. The van der Waals surface area contributed by atoms with Crippen LogP contribution in [0.2, 0.25) is 0 Å². The normalized spacial score (nSPS) is 13.5. The van der Waals surface area contributed by atoms with Crippen LogP contribution in [0.3, 0.4) is 0 Å². The molecular formula is C12H16F3NO2S. The molecule has 108 valence electrons. The monoisotopic (exact) mass is 295 g/mol. The third-order valence-corrected chi connectivity index (χ3v) is 4.17. The van der Waals surface area contributed by atoms with Crippen molar-refractivity contribution in [2.45, 2.75) is 32.7 Å². The van der Waals surface area contributed by atoms with Crippen LogP contribution in [0.1, 0.15) is 38.3 Å². The molecule has 1 rings (SSSR count). The maximum Gasteiger partial charge on any atom is 0.212 e. The van der Waals surface area contributed by atoms with E-state index in [1.54, 1.807) is 0 Å². The minimum Gasteiger partial charge on any atom is -0.212 e. The molecule has 1 atom stereocenters. The van der Waals surface area contributed by atoms with Crippen molar-refractivity contribution in [2.24, 2.45) is 0 Å². The summed E-state index contributed by atoms with van der Waals surface area (Å²) >= 11 is 0. The minimum absolute atomic E-state index is 0.0384. The van der Waals surface area contributed by atoms with Gasteiger partial charge in [-0.25, -0.2) is 26.3 Å². The van der Waals surface area contributed by atoms with Crippen molar-refractivity contribution in [2.75, 3.05) is 5.75 Å².